The molecule has 1 N–H and O–H groups in total. The van der Waals surface area contributed by atoms with Gasteiger partial charge >= 0.3 is 0 Å². The number of rotatable bonds is 8. The Hall–Kier alpha value is -1.66. The van der Waals surface area contributed by atoms with Crippen LogP contribution in [0, 0.1) is 16.0 Å². The first-order chi connectivity index (χ1) is 9.49. The summed E-state index contributed by atoms with van der Waals surface area (Å²) >= 11 is 0. The van der Waals surface area contributed by atoms with E-state index < -0.39 is 4.92 Å². The Morgan fingerprint density at radius 2 is 2.15 bits per heavy atom. The van der Waals surface area contributed by atoms with Crippen LogP contribution in [0.25, 0.3) is 0 Å². The molecule has 6 nitrogen and oxygen atoms in total. The molecule has 0 aliphatic rings. The zero-order valence-electron chi connectivity index (χ0n) is 12.2. The van der Waals surface area contributed by atoms with Crippen LogP contribution >= 0.6 is 0 Å². The molecule has 0 heterocycles. The van der Waals surface area contributed by atoms with Gasteiger partial charge in [-0.15, -0.1) is 0 Å². The van der Waals surface area contributed by atoms with Gasteiger partial charge in [0.05, 0.1) is 18.1 Å². The monoisotopic (exact) mass is 282 g/mol. The normalized spacial score (nSPS) is 10.8. The summed E-state index contributed by atoms with van der Waals surface area (Å²) in [7, 11) is 1.61. The molecular weight excluding hydrogens is 260 g/mol. The molecule has 0 aliphatic heterocycles. The van der Waals surface area contributed by atoms with Crippen molar-refractivity contribution in [3.8, 4) is 0 Å². The molecule has 0 spiro atoms. The summed E-state index contributed by atoms with van der Waals surface area (Å²) in [6.45, 7) is 5.73. The minimum atomic E-state index is -0.408. The fourth-order valence-corrected chi connectivity index (χ4v) is 2.03. The SMILES string of the molecule is COCCN(CC(C)C)c1ccc(CO)cc1[N+](=O)[O-]. The number of nitrogens with zero attached hydrogens (tertiary/aromatic N) is 2. The average molecular weight is 282 g/mol. The predicted molar refractivity (Wildman–Crippen MR) is 77.9 cm³/mol. The molecular formula is C14H22N2O4. The zero-order chi connectivity index (χ0) is 15.1. The number of hydrogen-bond donors (Lipinski definition) is 1. The van der Waals surface area contributed by atoms with E-state index in [1.54, 1.807) is 19.2 Å². The largest absolute Gasteiger partial charge is 0.392 e. The van der Waals surface area contributed by atoms with Gasteiger partial charge in [0.2, 0.25) is 0 Å². The molecule has 0 atom stereocenters. The number of aliphatic hydroxyl groups excluding tert-OH is 1. The summed E-state index contributed by atoms with van der Waals surface area (Å²) in [5, 5.41) is 20.3. The van der Waals surface area contributed by atoms with E-state index in [0.29, 0.717) is 36.9 Å². The minimum Gasteiger partial charge on any atom is -0.392 e. The lowest BCUT2D eigenvalue weighted by molar-refractivity contribution is -0.384. The number of nitro benzene ring substituents is 1. The van der Waals surface area contributed by atoms with Gasteiger partial charge < -0.3 is 14.7 Å². The maximum absolute atomic E-state index is 11.2. The fourth-order valence-electron chi connectivity index (χ4n) is 2.03. The van der Waals surface area contributed by atoms with Gasteiger partial charge in [-0.3, -0.25) is 10.1 Å². The van der Waals surface area contributed by atoms with Gasteiger partial charge in [-0.25, -0.2) is 0 Å². The van der Waals surface area contributed by atoms with Gasteiger partial charge in [0, 0.05) is 26.3 Å². The number of hydrogen-bond acceptors (Lipinski definition) is 5. The molecule has 0 unspecified atom stereocenters. The van der Waals surface area contributed by atoms with Crippen LogP contribution in [0.3, 0.4) is 0 Å². The third-order valence-corrected chi connectivity index (χ3v) is 2.91. The molecule has 0 aromatic heterocycles. The number of nitro groups is 1. The van der Waals surface area contributed by atoms with Gasteiger partial charge in [-0.1, -0.05) is 19.9 Å². The smallest absolute Gasteiger partial charge is 0.292 e. The summed E-state index contributed by atoms with van der Waals surface area (Å²) in [6, 6.07) is 4.83. The first kappa shape index (κ1) is 16.4. The van der Waals surface area contributed by atoms with Crippen molar-refractivity contribution >= 4 is 11.4 Å². The van der Waals surface area contributed by atoms with Crippen molar-refractivity contribution in [1.82, 2.24) is 0 Å². The second-order valence-electron chi connectivity index (χ2n) is 5.07. The second kappa shape index (κ2) is 7.81. The van der Waals surface area contributed by atoms with Crippen LogP contribution in [0.4, 0.5) is 11.4 Å². The predicted octanol–water partition coefficient (Wildman–Crippen LogP) is 2.20. The Balaban J connectivity index is 3.13. The van der Waals surface area contributed by atoms with E-state index in [1.165, 1.54) is 6.07 Å². The Kier molecular flexibility index (Phi) is 6.41. The Morgan fingerprint density at radius 3 is 2.65 bits per heavy atom. The third kappa shape index (κ3) is 4.47. The number of benzene rings is 1. The van der Waals surface area contributed by atoms with Gasteiger partial charge in [-0.05, 0) is 17.5 Å². The second-order valence-corrected chi connectivity index (χ2v) is 5.07. The number of methoxy groups -OCH3 is 1. The van der Waals surface area contributed by atoms with Gasteiger partial charge in [0.1, 0.15) is 5.69 Å². The van der Waals surface area contributed by atoms with E-state index in [4.69, 9.17) is 9.84 Å². The van der Waals surface area contributed by atoms with Crippen molar-refractivity contribution in [2.75, 3.05) is 31.7 Å². The highest BCUT2D eigenvalue weighted by molar-refractivity contribution is 5.64. The summed E-state index contributed by atoms with van der Waals surface area (Å²) < 4.78 is 5.07. The molecule has 0 fully saturated rings. The molecule has 1 rings (SSSR count). The number of ether oxygens (including phenoxy) is 1. The Morgan fingerprint density at radius 1 is 1.45 bits per heavy atom. The molecule has 0 bridgehead atoms. The highest BCUT2D eigenvalue weighted by atomic mass is 16.6. The first-order valence-electron chi connectivity index (χ1n) is 6.61. The highest BCUT2D eigenvalue weighted by Crippen LogP contribution is 2.29. The van der Waals surface area contributed by atoms with Crippen LogP contribution in [-0.4, -0.2) is 36.8 Å². The fraction of sp³-hybridized carbons (Fsp3) is 0.571. The lowest BCUT2D eigenvalue weighted by Crippen LogP contribution is -2.31. The van der Waals surface area contributed by atoms with Gasteiger partial charge in [0.25, 0.3) is 5.69 Å². The lowest BCUT2D eigenvalue weighted by Gasteiger charge is -2.26. The maximum atomic E-state index is 11.2. The molecule has 1 aromatic carbocycles. The van der Waals surface area contributed by atoms with Crippen LogP contribution in [-0.2, 0) is 11.3 Å². The van der Waals surface area contributed by atoms with Crippen LogP contribution in [0.15, 0.2) is 18.2 Å². The van der Waals surface area contributed by atoms with Gasteiger partial charge in [0.15, 0.2) is 0 Å². The van der Waals surface area contributed by atoms with Crippen molar-refractivity contribution in [2.24, 2.45) is 5.92 Å². The van der Waals surface area contributed by atoms with Crippen LogP contribution in [0.1, 0.15) is 19.4 Å². The van der Waals surface area contributed by atoms with Gasteiger partial charge in [-0.2, -0.15) is 0 Å². The topological polar surface area (TPSA) is 75.8 Å². The minimum absolute atomic E-state index is 0.0216. The molecule has 0 saturated carbocycles. The number of anilines is 1. The van der Waals surface area contributed by atoms with Crippen molar-refractivity contribution < 1.29 is 14.8 Å². The first-order valence-corrected chi connectivity index (χ1v) is 6.61. The highest BCUT2D eigenvalue weighted by Gasteiger charge is 2.20. The van der Waals surface area contributed by atoms with Crippen molar-refractivity contribution in [1.29, 1.82) is 0 Å². The Labute approximate surface area is 119 Å². The van der Waals surface area contributed by atoms with E-state index in [0.717, 1.165) is 0 Å². The number of aliphatic hydroxyl groups is 1. The van der Waals surface area contributed by atoms with E-state index in [-0.39, 0.29) is 12.3 Å². The van der Waals surface area contributed by atoms with Crippen LogP contribution < -0.4 is 4.90 Å². The van der Waals surface area contributed by atoms with Crippen molar-refractivity contribution in [3.05, 3.63) is 33.9 Å². The Bertz CT molecular complexity index is 449. The molecule has 0 amide bonds. The quantitative estimate of drug-likeness (QED) is 0.584. The summed E-state index contributed by atoms with van der Waals surface area (Å²) in [5.41, 5.74) is 1.13. The van der Waals surface area contributed by atoms with E-state index in [1.807, 2.05) is 4.90 Å². The van der Waals surface area contributed by atoms with E-state index in [2.05, 4.69) is 13.8 Å². The molecule has 0 radical (unpaired) electrons. The molecule has 1 aromatic rings. The molecule has 20 heavy (non-hydrogen) atoms. The van der Waals surface area contributed by atoms with Crippen LogP contribution in [0.2, 0.25) is 0 Å². The van der Waals surface area contributed by atoms with Crippen molar-refractivity contribution in [3.63, 3.8) is 0 Å². The van der Waals surface area contributed by atoms with Crippen molar-refractivity contribution in [2.45, 2.75) is 20.5 Å². The standard InChI is InChI=1S/C14H22N2O4/c1-11(2)9-15(6-7-20-3)13-5-4-12(10-17)8-14(13)16(18)19/h4-5,8,11,17H,6-7,9-10H2,1-3H3. The van der Waals surface area contributed by atoms with Crippen LogP contribution in [0.5, 0.6) is 0 Å². The molecule has 6 heteroatoms. The maximum Gasteiger partial charge on any atom is 0.292 e. The summed E-state index contributed by atoms with van der Waals surface area (Å²) in [4.78, 5) is 12.8. The lowest BCUT2D eigenvalue weighted by atomic mass is 10.1. The third-order valence-electron chi connectivity index (χ3n) is 2.91. The summed E-state index contributed by atoms with van der Waals surface area (Å²) in [5.74, 6) is 0.379. The van der Waals surface area contributed by atoms with E-state index in [9.17, 15) is 10.1 Å². The molecule has 0 saturated heterocycles. The zero-order valence-corrected chi connectivity index (χ0v) is 12.2. The summed E-state index contributed by atoms with van der Waals surface area (Å²) in [6.07, 6.45) is 0. The van der Waals surface area contributed by atoms with E-state index >= 15 is 0 Å². The molecule has 0 aliphatic carbocycles. The molecule has 112 valence electrons. The average Bonchev–Trinajstić information content (AvgIpc) is 2.42.